The van der Waals surface area contributed by atoms with E-state index in [1.807, 2.05) is 0 Å². The SMILES string of the molecule is CCN(CCc1ccncc1)OC(=O)C(F)(F)F. The van der Waals surface area contributed by atoms with E-state index in [0.29, 0.717) is 6.42 Å². The van der Waals surface area contributed by atoms with E-state index in [9.17, 15) is 18.0 Å². The zero-order valence-electron chi connectivity index (χ0n) is 9.78. The number of hydroxylamine groups is 2. The fourth-order valence-corrected chi connectivity index (χ4v) is 1.24. The van der Waals surface area contributed by atoms with Crippen molar-refractivity contribution in [1.29, 1.82) is 0 Å². The van der Waals surface area contributed by atoms with Crippen LogP contribution in [0.2, 0.25) is 0 Å². The van der Waals surface area contributed by atoms with E-state index in [0.717, 1.165) is 10.6 Å². The average Bonchev–Trinajstić information content (AvgIpc) is 2.34. The van der Waals surface area contributed by atoms with E-state index in [1.54, 1.807) is 31.5 Å². The highest BCUT2D eigenvalue weighted by molar-refractivity contribution is 5.75. The van der Waals surface area contributed by atoms with Crippen molar-refractivity contribution in [2.45, 2.75) is 19.5 Å². The molecule has 0 atom stereocenters. The molecule has 18 heavy (non-hydrogen) atoms. The van der Waals surface area contributed by atoms with Crippen molar-refractivity contribution in [3.8, 4) is 0 Å². The molecule has 0 radical (unpaired) electrons. The maximum atomic E-state index is 12.0. The fourth-order valence-electron chi connectivity index (χ4n) is 1.24. The summed E-state index contributed by atoms with van der Waals surface area (Å²) < 4.78 is 36.0. The van der Waals surface area contributed by atoms with Crippen molar-refractivity contribution in [3.63, 3.8) is 0 Å². The molecule has 0 aliphatic rings. The zero-order chi connectivity index (χ0) is 13.6. The number of aromatic nitrogens is 1. The molecule has 1 rings (SSSR count). The van der Waals surface area contributed by atoms with Gasteiger partial charge in [0.2, 0.25) is 0 Å². The van der Waals surface area contributed by atoms with E-state index in [2.05, 4.69) is 9.82 Å². The van der Waals surface area contributed by atoms with Gasteiger partial charge in [0.1, 0.15) is 0 Å². The summed E-state index contributed by atoms with van der Waals surface area (Å²) in [6, 6.07) is 3.50. The first-order valence-electron chi connectivity index (χ1n) is 5.36. The third-order valence-corrected chi connectivity index (χ3v) is 2.20. The normalized spacial score (nSPS) is 11.6. The summed E-state index contributed by atoms with van der Waals surface area (Å²) in [4.78, 5) is 18.7. The van der Waals surface area contributed by atoms with Crippen molar-refractivity contribution >= 4 is 5.97 Å². The first-order chi connectivity index (χ1) is 8.43. The van der Waals surface area contributed by atoms with E-state index in [1.165, 1.54) is 0 Å². The van der Waals surface area contributed by atoms with E-state index in [-0.39, 0.29) is 13.1 Å². The van der Waals surface area contributed by atoms with Crippen molar-refractivity contribution in [1.82, 2.24) is 10.0 Å². The van der Waals surface area contributed by atoms with Crippen LogP contribution in [0.15, 0.2) is 24.5 Å². The highest BCUT2D eigenvalue weighted by Crippen LogP contribution is 2.17. The van der Waals surface area contributed by atoms with Crippen molar-refractivity contribution < 1.29 is 22.8 Å². The molecule has 1 aromatic heterocycles. The maximum Gasteiger partial charge on any atom is 0.492 e. The third kappa shape index (κ3) is 4.70. The van der Waals surface area contributed by atoms with Crippen molar-refractivity contribution in [3.05, 3.63) is 30.1 Å². The molecule has 0 aliphatic carbocycles. The first kappa shape index (κ1) is 14.4. The fraction of sp³-hybridized carbons (Fsp3) is 0.455. The van der Waals surface area contributed by atoms with Gasteiger partial charge in [-0.25, -0.2) is 4.79 Å². The second-order valence-corrected chi connectivity index (χ2v) is 3.50. The molecule has 0 spiro atoms. The number of hydrogen-bond acceptors (Lipinski definition) is 4. The summed E-state index contributed by atoms with van der Waals surface area (Å²) >= 11 is 0. The Bertz CT molecular complexity index is 382. The van der Waals surface area contributed by atoms with Gasteiger partial charge in [-0.3, -0.25) is 4.98 Å². The van der Waals surface area contributed by atoms with E-state index in [4.69, 9.17) is 0 Å². The molecule has 4 nitrogen and oxygen atoms in total. The van der Waals surface area contributed by atoms with Gasteiger partial charge in [-0.15, -0.1) is 5.06 Å². The molecule has 0 aliphatic heterocycles. The molecule has 7 heteroatoms. The predicted octanol–water partition coefficient (Wildman–Crippen LogP) is 1.97. The zero-order valence-corrected chi connectivity index (χ0v) is 9.78. The number of halogens is 3. The van der Waals surface area contributed by atoms with Gasteiger partial charge in [-0.1, -0.05) is 0 Å². The quantitative estimate of drug-likeness (QED) is 0.761. The molecular weight excluding hydrogens is 249 g/mol. The average molecular weight is 262 g/mol. The summed E-state index contributed by atoms with van der Waals surface area (Å²) in [5.41, 5.74) is 0.909. The number of rotatable bonds is 5. The predicted molar refractivity (Wildman–Crippen MR) is 57.3 cm³/mol. The Kier molecular flexibility index (Phi) is 5.08. The maximum absolute atomic E-state index is 12.0. The van der Waals surface area contributed by atoms with Gasteiger partial charge in [-0.05, 0) is 31.0 Å². The van der Waals surface area contributed by atoms with Crippen LogP contribution in [0.25, 0.3) is 0 Å². The molecule has 0 aromatic carbocycles. The smallest absolute Gasteiger partial charge is 0.361 e. The Balaban J connectivity index is 2.46. The van der Waals surface area contributed by atoms with Gasteiger partial charge in [-0.2, -0.15) is 13.2 Å². The molecular formula is C11H13F3N2O2. The van der Waals surface area contributed by atoms with Crippen LogP contribution in [0.4, 0.5) is 13.2 Å². The summed E-state index contributed by atoms with van der Waals surface area (Å²) in [6.45, 7) is 1.99. The number of alkyl halides is 3. The van der Waals surface area contributed by atoms with Gasteiger partial charge >= 0.3 is 12.1 Å². The minimum absolute atomic E-state index is 0.187. The van der Waals surface area contributed by atoms with Gasteiger partial charge in [0.25, 0.3) is 0 Å². The Hall–Kier alpha value is -1.63. The Morgan fingerprint density at radius 1 is 1.39 bits per heavy atom. The Morgan fingerprint density at radius 2 is 2.00 bits per heavy atom. The third-order valence-electron chi connectivity index (χ3n) is 2.20. The lowest BCUT2D eigenvalue weighted by atomic mass is 10.2. The summed E-state index contributed by atoms with van der Waals surface area (Å²) in [5, 5.41) is 0.982. The van der Waals surface area contributed by atoms with Crippen LogP contribution in [-0.2, 0) is 16.1 Å². The lowest BCUT2D eigenvalue weighted by molar-refractivity contribution is -0.237. The van der Waals surface area contributed by atoms with Gasteiger partial charge in [0.15, 0.2) is 0 Å². The molecule has 0 N–H and O–H groups in total. The van der Waals surface area contributed by atoms with Crippen LogP contribution in [0.1, 0.15) is 12.5 Å². The second-order valence-electron chi connectivity index (χ2n) is 3.50. The van der Waals surface area contributed by atoms with Crippen LogP contribution in [0, 0.1) is 0 Å². The number of carbonyl (C=O) groups excluding carboxylic acids is 1. The molecule has 1 aromatic rings. The Labute approximate surface area is 102 Å². The van der Waals surface area contributed by atoms with Crippen molar-refractivity contribution in [2.24, 2.45) is 0 Å². The standard InChI is InChI=1S/C11H13F3N2O2/c1-2-16(18-10(17)11(12,13)14)8-5-9-3-6-15-7-4-9/h3-4,6-7H,2,5,8H2,1H3. The molecule has 0 saturated carbocycles. The summed E-state index contributed by atoms with van der Waals surface area (Å²) in [7, 11) is 0. The first-order valence-corrected chi connectivity index (χ1v) is 5.36. The van der Waals surface area contributed by atoms with Crippen LogP contribution in [0.3, 0.4) is 0 Å². The topological polar surface area (TPSA) is 42.4 Å². The van der Waals surface area contributed by atoms with Crippen LogP contribution >= 0.6 is 0 Å². The monoisotopic (exact) mass is 262 g/mol. The molecule has 0 bridgehead atoms. The van der Waals surface area contributed by atoms with Crippen LogP contribution < -0.4 is 0 Å². The summed E-state index contributed by atoms with van der Waals surface area (Å²) in [5.74, 6) is -2.20. The highest BCUT2D eigenvalue weighted by Gasteiger charge is 2.42. The van der Waals surface area contributed by atoms with E-state index >= 15 is 0 Å². The molecule has 0 amide bonds. The molecule has 100 valence electrons. The minimum atomic E-state index is -4.97. The highest BCUT2D eigenvalue weighted by atomic mass is 19.4. The number of likely N-dealkylation sites (N-methyl/N-ethyl adjacent to an activating group) is 1. The lowest BCUT2D eigenvalue weighted by Gasteiger charge is -2.19. The van der Waals surface area contributed by atoms with Gasteiger partial charge in [0.05, 0.1) is 0 Å². The lowest BCUT2D eigenvalue weighted by Crippen LogP contribution is -2.35. The molecule has 0 saturated heterocycles. The largest absolute Gasteiger partial charge is 0.492 e. The molecule has 0 fully saturated rings. The minimum Gasteiger partial charge on any atom is -0.361 e. The molecule has 1 heterocycles. The van der Waals surface area contributed by atoms with Crippen LogP contribution in [0.5, 0.6) is 0 Å². The second kappa shape index (κ2) is 6.34. The number of carbonyl (C=O) groups is 1. The van der Waals surface area contributed by atoms with Gasteiger partial charge in [0, 0.05) is 25.5 Å². The van der Waals surface area contributed by atoms with Crippen molar-refractivity contribution in [2.75, 3.05) is 13.1 Å². The summed E-state index contributed by atoms with van der Waals surface area (Å²) in [6.07, 6.45) is -1.31. The molecule has 0 unspecified atom stereocenters. The number of pyridine rings is 1. The van der Waals surface area contributed by atoms with Gasteiger partial charge < -0.3 is 4.84 Å². The number of hydrogen-bond donors (Lipinski definition) is 0. The number of nitrogens with zero attached hydrogens (tertiary/aromatic N) is 2. The van der Waals surface area contributed by atoms with Crippen LogP contribution in [-0.4, -0.2) is 35.3 Å². The Morgan fingerprint density at radius 3 is 2.50 bits per heavy atom. The van der Waals surface area contributed by atoms with E-state index < -0.39 is 12.1 Å².